The first-order valence-electron chi connectivity index (χ1n) is 28.6. The molecule has 4 heteroatoms. The van der Waals surface area contributed by atoms with Gasteiger partial charge in [0.25, 0.3) is 6.71 Å². The van der Waals surface area contributed by atoms with Gasteiger partial charge in [-0.25, -0.2) is 0 Å². The average molecular weight is 1030 g/mol. The SMILES string of the molecule is CC12CCc3ccccc3C1(C)N(c1cc3c4c(c1)N(c1cccc(-c5ccccc5)c1)c1cc(-c5ccccc5)ccc1B4c1cc(-c4ccccc4)ccc1N3c1ccc(-c3ccccc3)cc1)c1ccc(C3=C=CC=C3)cc12. The molecule has 0 radical (unpaired) electrons. The highest BCUT2D eigenvalue weighted by Crippen LogP contribution is 2.65. The molecule has 0 saturated heterocycles. The molecule has 0 aromatic heterocycles. The Bertz CT molecular complexity index is 4430. The van der Waals surface area contributed by atoms with Crippen LogP contribution < -0.4 is 31.1 Å². The predicted molar refractivity (Wildman–Crippen MR) is 341 cm³/mol. The Morgan fingerprint density at radius 1 is 0.383 bits per heavy atom. The number of allylic oxidation sites excluding steroid dienone is 3. The number of hydrogen-bond donors (Lipinski definition) is 0. The number of aryl methyl sites for hydroxylation is 1. The van der Waals surface area contributed by atoms with E-state index in [1.165, 1.54) is 112 Å². The molecule has 0 amide bonds. The summed E-state index contributed by atoms with van der Waals surface area (Å²) in [5.41, 5.74) is 32.0. The number of anilines is 8. The molecule has 0 spiro atoms. The molecule has 0 saturated carbocycles. The van der Waals surface area contributed by atoms with E-state index in [0.29, 0.717) is 0 Å². The first kappa shape index (κ1) is 47.2. The van der Waals surface area contributed by atoms with E-state index in [-0.39, 0.29) is 12.1 Å². The molecule has 3 nitrogen and oxygen atoms in total. The molecule has 2 aliphatic carbocycles. The summed E-state index contributed by atoms with van der Waals surface area (Å²) in [6.45, 7) is 4.97. The lowest BCUT2D eigenvalue weighted by Crippen LogP contribution is -2.61. The van der Waals surface area contributed by atoms with Crippen molar-refractivity contribution in [1.29, 1.82) is 0 Å². The van der Waals surface area contributed by atoms with E-state index in [1.54, 1.807) is 0 Å². The monoisotopic (exact) mass is 1030 g/mol. The lowest BCUT2D eigenvalue weighted by atomic mass is 9.33. The van der Waals surface area contributed by atoms with Gasteiger partial charge in [-0.2, -0.15) is 0 Å². The van der Waals surface area contributed by atoms with Gasteiger partial charge in [0.15, 0.2) is 0 Å². The van der Waals surface area contributed by atoms with Crippen LogP contribution in [-0.4, -0.2) is 6.71 Å². The maximum absolute atomic E-state index is 3.54. The van der Waals surface area contributed by atoms with Gasteiger partial charge in [0.05, 0.1) is 5.54 Å². The summed E-state index contributed by atoms with van der Waals surface area (Å²) < 4.78 is 0. The van der Waals surface area contributed by atoms with Crippen LogP contribution in [0.4, 0.5) is 45.5 Å². The Kier molecular flexibility index (Phi) is 10.7. The number of benzene rings is 11. The van der Waals surface area contributed by atoms with E-state index in [9.17, 15) is 0 Å². The minimum Gasteiger partial charge on any atom is -0.330 e. The first-order chi connectivity index (χ1) is 39.9. The van der Waals surface area contributed by atoms with Gasteiger partial charge in [0, 0.05) is 56.5 Å². The lowest BCUT2D eigenvalue weighted by molar-refractivity contribution is 0.245. The summed E-state index contributed by atoms with van der Waals surface area (Å²) in [6.07, 6.45) is 8.37. The highest BCUT2D eigenvalue weighted by atomic mass is 15.3. The fourth-order valence-corrected chi connectivity index (χ4v) is 14.6. The van der Waals surface area contributed by atoms with Gasteiger partial charge < -0.3 is 14.7 Å². The Morgan fingerprint density at radius 2 is 0.926 bits per heavy atom. The zero-order valence-electron chi connectivity index (χ0n) is 45.4. The van der Waals surface area contributed by atoms with Gasteiger partial charge in [0.2, 0.25) is 0 Å². The van der Waals surface area contributed by atoms with Crippen molar-refractivity contribution in [2.75, 3.05) is 14.7 Å². The Balaban J connectivity index is 1.02. The second-order valence-electron chi connectivity index (χ2n) is 22.8. The number of rotatable bonds is 8. The Labute approximate surface area is 475 Å². The summed E-state index contributed by atoms with van der Waals surface area (Å²) in [7, 11) is 0. The molecule has 0 N–H and O–H groups in total. The van der Waals surface area contributed by atoms with Crippen LogP contribution in [0, 0.1) is 0 Å². The van der Waals surface area contributed by atoms with E-state index >= 15 is 0 Å². The molecule has 3 heterocycles. The third-order valence-electron chi connectivity index (χ3n) is 18.7. The fourth-order valence-electron chi connectivity index (χ4n) is 14.6. The normalized spacial score (nSPS) is 17.7. The molecular weight excluding hydrogens is 978 g/mol. The molecule has 5 aliphatic rings. The number of hydrogen-bond acceptors (Lipinski definition) is 3. The topological polar surface area (TPSA) is 9.72 Å². The van der Waals surface area contributed by atoms with Crippen LogP contribution in [0.5, 0.6) is 0 Å². The minimum absolute atomic E-state index is 0.110. The van der Waals surface area contributed by atoms with Crippen molar-refractivity contribution in [3.8, 4) is 44.5 Å². The van der Waals surface area contributed by atoms with E-state index < -0.39 is 5.54 Å². The standard InChI is InChI=1S/C77H56BN3/c1-76-45-44-58-30-17-18-33-66(58)77(76,2)81(70-42-37-60(47-67(70)76)54-28-15-16-29-54)65-50-73-75-74(51-65)80(64-32-19-31-59(46-64)53-22-9-4-10-23-53)72-49-62(56-26-13-6-14-27-56)36-41-68(72)78(75)69-48-61(55-24-11-5-12-25-55)38-43-71(69)79(73)63-39-34-57(35-40-63)52-20-7-3-8-21-52/h3-28,30-43,46-51H,44-45H2,1-2H3. The molecule has 3 aliphatic heterocycles. The maximum Gasteiger partial charge on any atom is 0.252 e. The summed E-state index contributed by atoms with van der Waals surface area (Å²) in [6, 6.07) is 98.0. The van der Waals surface area contributed by atoms with Crippen molar-refractivity contribution in [2.24, 2.45) is 0 Å². The summed E-state index contributed by atoms with van der Waals surface area (Å²) in [5, 5.41) is 0. The largest absolute Gasteiger partial charge is 0.330 e. The molecule has 16 rings (SSSR count). The van der Waals surface area contributed by atoms with Crippen LogP contribution in [0.2, 0.25) is 0 Å². The summed E-state index contributed by atoms with van der Waals surface area (Å²) in [5.74, 6) is 0. The van der Waals surface area contributed by atoms with Crippen LogP contribution in [-0.2, 0) is 17.4 Å². The molecule has 0 bridgehead atoms. The van der Waals surface area contributed by atoms with E-state index in [2.05, 4.69) is 307 Å². The molecule has 11 aromatic carbocycles. The van der Waals surface area contributed by atoms with Gasteiger partial charge in [-0.3, -0.25) is 0 Å². The van der Waals surface area contributed by atoms with Crippen molar-refractivity contribution < 1.29 is 0 Å². The van der Waals surface area contributed by atoms with Gasteiger partial charge in [-0.1, -0.05) is 213 Å². The van der Waals surface area contributed by atoms with Gasteiger partial charge in [-0.05, 0) is 176 Å². The van der Waals surface area contributed by atoms with E-state index in [0.717, 1.165) is 35.5 Å². The zero-order valence-corrected chi connectivity index (χ0v) is 45.4. The number of fused-ring (bicyclic) bond motifs is 9. The van der Waals surface area contributed by atoms with Crippen LogP contribution in [0.15, 0.2) is 285 Å². The third-order valence-corrected chi connectivity index (χ3v) is 18.7. The summed E-state index contributed by atoms with van der Waals surface area (Å²) >= 11 is 0. The molecular formula is C77H56BN3. The highest BCUT2D eigenvalue weighted by molar-refractivity contribution is 7.00. The fraction of sp³-hybridized carbons (Fsp3) is 0.0779. The number of nitrogens with zero attached hydrogens (tertiary/aromatic N) is 3. The van der Waals surface area contributed by atoms with Crippen LogP contribution in [0.3, 0.4) is 0 Å². The van der Waals surface area contributed by atoms with Crippen LogP contribution in [0.25, 0.3) is 50.1 Å². The maximum atomic E-state index is 3.54. The van der Waals surface area contributed by atoms with Gasteiger partial charge in [0.1, 0.15) is 0 Å². The second kappa shape index (κ2) is 18.4. The molecule has 0 fully saturated rings. The molecule has 2 atom stereocenters. The Hall–Kier alpha value is -9.86. The minimum atomic E-state index is -0.469. The first-order valence-corrected chi connectivity index (χ1v) is 28.6. The lowest BCUT2D eigenvalue weighted by Gasteiger charge is -2.52. The van der Waals surface area contributed by atoms with Crippen molar-refractivity contribution in [3.63, 3.8) is 0 Å². The summed E-state index contributed by atoms with van der Waals surface area (Å²) in [4.78, 5) is 7.95. The Morgan fingerprint density at radius 3 is 1.59 bits per heavy atom. The smallest absolute Gasteiger partial charge is 0.252 e. The van der Waals surface area contributed by atoms with Crippen molar-refractivity contribution >= 4 is 74.2 Å². The molecule has 81 heavy (non-hydrogen) atoms. The second-order valence-corrected chi connectivity index (χ2v) is 22.8. The van der Waals surface area contributed by atoms with Gasteiger partial charge >= 0.3 is 0 Å². The molecule has 11 aromatic rings. The quantitative estimate of drug-likeness (QED) is 0.111. The molecule has 382 valence electrons. The predicted octanol–water partition coefficient (Wildman–Crippen LogP) is 17.8. The van der Waals surface area contributed by atoms with Crippen LogP contribution in [0.1, 0.15) is 42.5 Å². The highest BCUT2D eigenvalue weighted by Gasteiger charge is 2.60. The third kappa shape index (κ3) is 7.24. The van der Waals surface area contributed by atoms with Crippen molar-refractivity contribution in [1.82, 2.24) is 0 Å². The zero-order chi connectivity index (χ0) is 53.8. The van der Waals surface area contributed by atoms with E-state index in [4.69, 9.17) is 0 Å². The van der Waals surface area contributed by atoms with Crippen LogP contribution >= 0.6 is 0 Å². The van der Waals surface area contributed by atoms with Crippen molar-refractivity contribution in [2.45, 2.75) is 37.6 Å². The average Bonchev–Trinajstić information content (AvgIpc) is 3.51. The van der Waals surface area contributed by atoms with Gasteiger partial charge in [-0.15, -0.1) is 5.73 Å². The molecule has 2 unspecified atom stereocenters. The van der Waals surface area contributed by atoms with E-state index in [1.807, 2.05) is 6.08 Å². The van der Waals surface area contributed by atoms with Crippen molar-refractivity contribution in [3.05, 3.63) is 307 Å².